The Kier molecular flexibility index (Phi) is 3.30. The predicted octanol–water partition coefficient (Wildman–Crippen LogP) is 2.45. The molecule has 0 atom stereocenters. The van der Waals surface area contributed by atoms with Crippen molar-refractivity contribution in [2.45, 2.75) is 18.8 Å². The van der Waals surface area contributed by atoms with E-state index >= 15 is 0 Å². The number of hydrogen-bond donors (Lipinski definition) is 1. The molecule has 6 heteroatoms. The number of aromatic amines is 1. The maximum absolute atomic E-state index is 13.4. The summed E-state index contributed by atoms with van der Waals surface area (Å²) in [6, 6.07) is 4.72. The number of nitrogens with one attached hydrogen (secondary N) is 1. The summed E-state index contributed by atoms with van der Waals surface area (Å²) in [6.07, 6.45) is 4.71. The van der Waals surface area contributed by atoms with Gasteiger partial charge in [-0.05, 0) is 42.5 Å². The van der Waals surface area contributed by atoms with Gasteiger partial charge in [-0.25, -0.2) is 17.1 Å². The van der Waals surface area contributed by atoms with Crippen LogP contribution in [0.3, 0.4) is 0 Å². The minimum absolute atomic E-state index is 0.244. The highest BCUT2D eigenvalue weighted by molar-refractivity contribution is 7.88. The molecule has 2 aromatic rings. The molecule has 108 valence electrons. The first-order valence-corrected chi connectivity index (χ1v) is 8.51. The minimum atomic E-state index is -3.10. The van der Waals surface area contributed by atoms with Crippen molar-refractivity contribution in [3.05, 3.63) is 35.8 Å². The van der Waals surface area contributed by atoms with Gasteiger partial charge in [0.25, 0.3) is 0 Å². The van der Waals surface area contributed by atoms with Crippen molar-refractivity contribution in [3.63, 3.8) is 0 Å². The lowest BCUT2D eigenvalue weighted by molar-refractivity contribution is 0.322. The summed E-state index contributed by atoms with van der Waals surface area (Å²) in [5.74, 6) is 0.0375. The maximum atomic E-state index is 13.4. The molecule has 1 aliphatic rings. The molecule has 1 aromatic heterocycles. The zero-order valence-electron chi connectivity index (χ0n) is 11.3. The first-order chi connectivity index (χ1) is 9.45. The van der Waals surface area contributed by atoms with Crippen molar-refractivity contribution in [2.24, 2.45) is 0 Å². The summed E-state index contributed by atoms with van der Waals surface area (Å²) in [6.45, 7) is 1.07. The van der Waals surface area contributed by atoms with E-state index in [4.69, 9.17) is 0 Å². The monoisotopic (exact) mass is 296 g/mol. The summed E-state index contributed by atoms with van der Waals surface area (Å²) in [5.41, 5.74) is 2.01. The molecule has 1 fully saturated rings. The van der Waals surface area contributed by atoms with Crippen LogP contribution in [-0.2, 0) is 10.0 Å². The molecule has 0 radical (unpaired) electrons. The fourth-order valence-electron chi connectivity index (χ4n) is 2.95. The topological polar surface area (TPSA) is 53.2 Å². The third-order valence-corrected chi connectivity index (χ3v) is 5.34. The third-order valence-electron chi connectivity index (χ3n) is 4.04. The number of piperidine rings is 1. The smallest absolute Gasteiger partial charge is 0.211 e. The van der Waals surface area contributed by atoms with Crippen LogP contribution in [0.15, 0.2) is 24.4 Å². The highest BCUT2D eigenvalue weighted by atomic mass is 32.2. The van der Waals surface area contributed by atoms with Gasteiger partial charge >= 0.3 is 0 Å². The van der Waals surface area contributed by atoms with E-state index in [-0.39, 0.29) is 11.7 Å². The third kappa shape index (κ3) is 2.45. The van der Waals surface area contributed by atoms with Crippen LogP contribution in [0.4, 0.5) is 4.39 Å². The lowest BCUT2D eigenvalue weighted by Gasteiger charge is -2.30. The number of nitrogens with zero attached hydrogens (tertiary/aromatic N) is 1. The van der Waals surface area contributed by atoms with Crippen molar-refractivity contribution in [3.8, 4) is 0 Å². The molecule has 20 heavy (non-hydrogen) atoms. The van der Waals surface area contributed by atoms with Crippen LogP contribution in [0.5, 0.6) is 0 Å². The number of H-pyrrole nitrogens is 1. The normalized spacial score (nSPS) is 18.7. The zero-order valence-corrected chi connectivity index (χ0v) is 12.1. The number of hydrogen-bond acceptors (Lipinski definition) is 2. The van der Waals surface area contributed by atoms with Crippen LogP contribution in [0.2, 0.25) is 0 Å². The molecule has 1 aliphatic heterocycles. The van der Waals surface area contributed by atoms with Crippen molar-refractivity contribution in [2.75, 3.05) is 19.3 Å². The average molecular weight is 296 g/mol. The number of fused-ring (bicyclic) bond motifs is 1. The molecule has 0 aliphatic carbocycles. The van der Waals surface area contributed by atoms with Crippen molar-refractivity contribution >= 4 is 20.9 Å². The summed E-state index contributed by atoms with van der Waals surface area (Å²) in [4.78, 5) is 3.16. The molecule has 1 aromatic carbocycles. The molecule has 0 saturated carbocycles. The van der Waals surface area contributed by atoms with E-state index in [1.807, 2.05) is 6.20 Å². The maximum Gasteiger partial charge on any atom is 0.211 e. The molecular weight excluding hydrogens is 279 g/mol. The molecule has 0 amide bonds. The van der Waals surface area contributed by atoms with Gasteiger partial charge in [-0.2, -0.15) is 0 Å². The number of rotatable bonds is 2. The molecule has 3 rings (SSSR count). The second kappa shape index (κ2) is 4.86. The number of sulfonamides is 1. The number of aromatic nitrogens is 1. The van der Waals surface area contributed by atoms with Crippen LogP contribution in [0.1, 0.15) is 24.3 Å². The number of benzene rings is 1. The van der Waals surface area contributed by atoms with Crippen LogP contribution in [-0.4, -0.2) is 37.1 Å². The van der Waals surface area contributed by atoms with Gasteiger partial charge in [0.15, 0.2) is 0 Å². The molecule has 2 heterocycles. The van der Waals surface area contributed by atoms with Gasteiger partial charge in [0, 0.05) is 30.2 Å². The molecule has 1 N–H and O–H groups in total. The Balaban J connectivity index is 1.85. The van der Waals surface area contributed by atoms with Gasteiger partial charge in [-0.3, -0.25) is 0 Å². The predicted molar refractivity (Wildman–Crippen MR) is 76.6 cm³/mol. The second-order valence-corrected chi connectivity index (χ2v) is 7.35. The van der Waals surface area contributed by atoms with Gasteiger partial charge in [0.1, 0.15) is 5.82 Å². The molecular formula is C14H17FN2O2S. The van der Waals surface area contributed by atoms with E-state index in [9.17, 15) is 12.8 Å². The van der Waals surface area contributed by atoms with Gasteiger partial charge < -0.3 is 4.98 Å². The lowest BCUT2D eigenvalue weighted by atomic mass is 9.90. The summed E-state index contributed by atoms with van der Waals surface area (Å²) in [5, 5.41) is 0.905. The van der Waals surface area contributed by atoms with Gasteiger partial charge in [-0.1, -0.05) is 0 Å². The summed E-state index contributed by atoms with van der Waals surface area (Å²) >= 11 is 0. The Labute approximate surface area is 117 Å². The summed E-state index contributed by atoms with van der Waals surface area (Å²) in [7, 11) is -3.10. The van der Waals surface area contributed by atoms with E-state index in [0.29, 0.717) is 13.1 Å². The van der Waals surface area contributed by atoms with Crippen LogP contribution in [0.25, 0.3) is 10.9 Å². The van der Waals surface area contributed by atoms with Crippen molar-refractivity contribution in [1.29, 1.82) is 0 Å². The highest BCUT2D eigenvalue weighted by Gasteiger charge is 2.27. The van der Waals surface area contributed by atoms with E-state index in [2.05, 4.69) is 4.98 Å². The van der Waals surface area contributed by atoms with E-state index in [1.165, 1.54) is 16.6 Å². The van der Waals surface area contributed by atoms with Crippen LogP contribution < -0.4 is 0 Å². The zero-order chi connectivity index (χ0) is 14.3. The van der Waals surface area contributed by atoms with E-state index in [1.54, 1.807) is 12.1 Å². The average Bonchev–Trinajstić information content (AvgIpc) is 2.81. The quantitative estimate of drug-likeness (QED) is 0.925. The molecule has 4 nitrogen and oxygen atoms in total. The Bertz CT molecular complexity index is 731. The first-order valence-electron chi connectivity index (χ1n) is 6.67. The lowest BCUT2D eigenvalue weighted by Crippen LogP contribution is -2.37. The van der Waals surface area contributed by atoms with Gasteiger partial charge in [-0.15, -0.1) is 0 Å². The van der Waals surface area contributed by atoms with E-state index in [0.717, 1.165) is 29.3 Å². The molecule has 0 bridgehead atoms. The van der Waals surface area contributed by atoms with Crippen LogP contribution in [0, 0.1) is 5.82 Å². The second-order valence-electron chi connectivity index (χ2n) is 5.37. The van der Waals surface area contributed by atoms with Crippen molar-refractivity contribution < 1.29 is 12.8 Å². The highest BCUT2D eigenvalue weighted by Crippen LogP contribution is 2.33. The Morgan fingerprint density at radius 3 is 2.65 bits per heavy atom. The molecule has 0 unspecified atom stereocenters. The van der Waals surface area contributed by atoms with E-state index < -0.39 is 10.0 Å². The fourth-order valence-corrected chi connectivity index (χ4v) is 3.82. The number of halogens is 1. The Morgan fingerprint density at radius 2 is 2.00 bits per heavy atom. The SMILES string of the molecule is CS(=O)(=O)N1CCC(c2c[nH]c3ccc(F)cc23)CC1. The van der Waals surface area contributed by atoms with Gasteiger partial charge in [0.05, 0.1) is 6.26 Å². The summed E-state index contributed by atoms with van der Waals surface area (Å²) < 4.78 is 37.9. The van der Waals surface area contributed by atoms with Crippen LogP contribution >= 0.6 is 0 Å². The first kappa shape index (κ1) is 13.6. The molecule has 0 spiro atoms. The Morgan fingerprint density at radius 1 is 1.30 bits per heavy atom. The largest absolute Gasteiger partial charge is 0.361 e. The standard InChI is InChI=1S/C14H17FN2O2S/c1-20(18,19)17-6-4-10(5-7-17)13-9-16-14-3-2-11(15)8-12(13)14/h2-3,8-10,16H,4-7H2,1H3. The van der Waals surface area contributed by atoms with Crippen molar-refractivity contribution in [1.82, 2.24) is 9.29 Å². The fraction of sp³-hybridized carbons (Fsp3) is 0.429. The Hall–Kier alpha value is -1.40. The molecule has 1 saturated heterocycles. The van der Waals surface area contributed by atoms with Gasteiger partial charge in [0.2, 0.25) is 10.0 Å². The minimum Gasteiger partial charge on any atom is -0.361 e.